The van der Waals surface area contributed by atoms with Gasteiger partial charge in [0.25, 0.3) is 0 Å². The van der Waals surface area contributed by atoms with E-state index in [1.165, 1.54) is 36.5 Å². The van der Waals surface area contributed by atoms with Crippen molar-refractivity contribution in [2.45, 2.75) is 89.1 Å². The fraction of sp³-hybridized carbons (Fsp3) is 0.567. The summed E-state index contributed by atoms with van der Waals surface area (Å²) in [6, 6.07) is 14.2. The first-order valence-electron chi connectivity index (χ1n) is 13.4. The van der Waals surface area contributed by atoms with E-state index in [9.17, 15) is 9.18 Å². The highest BCUT2D eigenvalue weighted by atomic mass is 19.1. The number of carbonyl (C=O) groups is 1. The second-order valence-electron chi connectivity index (χ2n) is 12.0. The van der Waals surface area contributed by atoms with Crippen LogP contribution in [0, 0.1) is 5.82 Å². The third-order valence-electron chi connectivity index (χ3n) is 8.50. The Hall–Kier alpha value is -2.40. The molecule has 0 radical (unpaired) electrons. The molecule has 2 aromatic rings. The van der Waals surface area contributed by atoms with E-state index < -0.39 is 0 Å². The maximum atomic E-state index is 14.4. The molecule has 35 heavy (non-hydrogen) atoms. The van der Waals surface area contributed by atoms with E-state index in [0.717, 1.165) is 56.6 Å². The Labute approximate surface area is 209 Å². The summed E-state index contributed by atoms with van der Waals surface area (Å²) in [6.45, 7) is 10.2. The highest BCUT2D eigenvalue weighted by molar-refractivity contribution is 5.95. The molecule has 0 unspecified atom stereocenters. The second-order valence-corrected chi connectivity index (χ2v) is 12.0. The highest BCUT2D eigenvalue weighted by Crippen LogP contribution is 2.47. The van der Waals surface area contributed by atoms with E-state index in [2.05, 4.69) is 55.3 Å². The zero-order chi connectivity index (χ0) is 24.6. The van der Waals surface area contributed by atoms with Crippen molar-refractivity contribution in [3.8, 4) is 0 Å². The molecule has 0 bridgehead atoms. The molecule has 0 atom stereocenters. The molecule has 2 fully saturated rings. The van der Waals surface area contributed by atoms with Gasteiger partial charge in [-0.05, 0) is 79.1 Å². The zero-order valence-electron chi connectivity index (χ0n) is 21.6. The average molecular weight is 478 g/mol. The van der Waals surface area contributed by atoms with Crippen LogP contribution in [0.1, 0.15) is 82.4 Å². The van der Waals surface area contributed by atoms with Gasteiger partial charge in [0, 0.05) is 30.2 Å². The van der Waals surface area contributed by atoms with Gasteiger partial charge < -0.3 is 5.32 Å². The monoisotopic (exact) mass is 477 g/mol. The summed E-state index contributed by atoms with van der Waals surface area (Å²) in [4.78, 5) is 17.7. The van der Waals surface area contributed by atoms with E-state index >= 15 is 0 Å². The number of nitrogens with one attached hydrogen (secondary N) is 1. The van der Waals surface area contributed by atoms with E-state index in [1.54, 1.807) is 6.07 Å². The number of carbonyl (C=O) groups excluding carboxylic acids is 1. The molecular formula is C30H40FN3O. The van der Waals surface area contributed by atoms with Crippen LogP contribution in [0.4, 0.5) is 14.9 Å². The van der Waals surface area contributed by atoms with Gasteiger partial charge >= 0.3 is 6.03 Å². The van der Waals surface area contributed by atoms with Crippen LogP contribution in [0.5, 0.6) is 0 Å². The van der Waals surface area contributed by atoms with Crippen LogP contribution >= 0.6 is 0 Å². The Bertz CT molecular complexity index is 1040. The highest BCUT2D eigenvalue weighted by Gasteiger charge is 2.46. The molecule has 5 rings (SSSR count). The van der Waals surface area contributed by atoms with Gasteiger partial charge in [-0.1, -0.05) is 64.3 Å². The molecule has 1 spiro atoms. The van der Waals surface area contributed by atoms with Crippen molar-refractivity contribution in [1.29, 1.82) is 0 Å². The summed E-state index contributed by atoms with van der Waals surface area (Å²) >= 11 is 0. The summed E-state index contributed by atoms with van der Waals surface area (Å²) in [5.41, 5.74) is 4.61. The predicted octanol–water partition coefficient (Wildman–Crippen LogP) is 6.52. The van der Waals surface area contributed by atoms with Gasteiger partial charge in [0.2, 0.25) is 0 Å². The van der Waals surface area contributed by atoms with Crippen molar-refractivity contribution in [3.63, 3.8) is 0 Å². The number of piperidine rings is 1. The Morgan fingerprint density at radius 1 is 1.03 bits per heavy atom. The molecule has 1 saturated carbocycles. The average Bonchev–Trinajstić information content (AvgIpc) is 3.14. The third kappa shape index (κ3) is 5.11. The molecule has 4 nitrogen and oxygen atoms in total. The number of nitrogens with zero attached hydrogens (tertiary/aromatic N) is 2. The van der Waals surface area contributed by atoms with Crippen molar-refractivity contribution in [2.24, 2.45) is 0 Å². The van der Waals surface area contributed by atoms with Gasteiger partial charge in [0.05, 0.1) is 0 Å². The molecule has 1 saturated heterocycles. The lowest BCUT2D eigenvalue weighted by atomic mass is 9.74. The summed E-state index contributed by atoms with van der Waals surface area (Å²) < 4.78 is 14.4. The van der Waals surface area contributed by atoms with Crippen molar-refractivity contribution in [3.05, 3.63) is 65.0 Å². The number of fused-ring (bicyclic) bond motifs is 2. The number of hydrogen-bond acceptors (Lipinski definition) is 2. The second kappa shape index (κ2) is 9.57. The molecule has 1 N–H and O–H groups in total. The minimum Gasteiger partial charge on any atom is -0.335 e. The molecular weight excluding hydrogens is 437 g/mol. The summed E-state index contributed by atoms with van der Waals surface area (Å²) in [6.07, 6.45) is 7.64. The van der Waals surface area contributed by atoms with Crippen molar-refractivity contribution < 1.29 is 9.18 Å². The summed E-state index contributed by atoms with van der Waals surface area (Å²) in [7, 11) is 0. The lowest BCUT2D eigenvalue weighted by Crippen LogP contribution is -2.49. The molecule has 2 amide bonds. The summed E-state index contributed by atoms with van der Waals surface area (Å²) in [5, 5.41) is 3.28. The minimum atomic E-state index is -0.209. The minimum absolute atomic E-state index is 0.0111. The lowest BCUT2D eigenvalue weighted by Gasteiger charge is -2.40. The molecule has 188 valence electrons. The first-order chi connectivity index (χ1) is 16.7. The van der Waals surface area contributed by atoms with Gasteiger partial charge in [-0.15, -0.1) is 0 Å². The largest absolute Gasteiger partial charge is 0.335 e. The van der Waals surface area contributed by atoms with Crippen LogP contribution in [-0.2, 0) is 17.4 Å². The van der Waals surface area contributed by atoms with Gasteiger partial charge in [-0.3, -0.25) is 9.80 Å². The molecule has 0 aromatic heterocycles. The fourth-order valence-corrected chi connectivity index (χ4v) is 6.26. The first kappa shape index (κ1) is 24.3. The number of likely N-dealkylation sites (tertiary alicyclic amines) is 1. The lowest BCUT2D eigenvalue weighted by molar-refractivity contribution is 0.159. The predicted molar refractivity (Wildman–Crippen MR) is 140 cm³/mol. The number of rotatable bonds is 3. The number of halogens is 1. The van der Waals surface area contributed by atoms with Gasteiger partial charge in [0.1, 0.15) is 5.82 Å². The fourth-order valence-electron chi connectivity index (χ4n) is 6.26. The van der Waals surface area contributed by atoms with E-state index in [1.807, 2.05) is 11.0 Å². The smallest absolute Gasteiger partial charge is 0.322 e. The molecule has 3 aliphatic rings. The van der Waals surface area contributed by atoms with Gasteiger partial charge in [-0.2, -0.15) is 0 Å². The number of urea groups is 1. The van der Waals surface area contributed by atoms with Crippen LogP contribution in [0.2, 0.25) is 0 Å². The zero-order valence-corrected chi connectivity index (χ0v) is 21.6. The standard InChI is InChI=1S/C30H40FN3O/c1-29(2,3)23-11-9-22(10-12-23)20-33-17-15-30(16-18-33)21-34(27-14-13-24(31)19-26(27)30)28(35)32-25-7-5-4-6-8-25/h9-14,19,25H,4-8,15-18,20-21H2,1-3H3,(H,32,35). The van der Waals surface area contributed by atoms with Crippen LogP contribution in [0.3, 0.4) is 0 Å². The topological polar surface area (TPSA) is 35.6 Å². The third-order valence-corrected chi connectivity index (χ3v) is 8.50. The number of amides is 2. The maximum absolute atomic E-state index is 14.4. The van der Waals surface area contributed by atoms with Gasteiger partial charge in [0.15, 0.2) is 0 Å². The van der Waals surface area contributed by atoms with E-state index in [-0.39, 0.29) is 28.7 Å². The van der Waals surface area contributed by atoms with E-state index in [0.29, 0.717) is 6.54 Å². The maximum Gasteiger partial charge on any atom is 0.322 e. The quantitative estimate of drug-likeness (QED) is 0.546. The Balaban J connectivity index is 1.27. The number of benzene rings is 2. The Morgan fingerprint density at radius 3 is 2.37 bits per heavy atom. The van der Waals surface area contributed by atoms with Crippen molar-refractivity contribution in [1.82, 2.24) is 10.2 Å². The first-order valence-corrected chi connectivity index (χ1v) is 13.4. The van der Waals surface area contributed by atoms with E-state index in [4.69, 9.17) is 0 Å². The van der Waals surface area contributed by atoms with Crippen molar-refractivity contribution >= 4 is 11.7 Å². The molecule has 2 aliphatic heterocycles. The molecule has 5 heteroatoms. The Kier molecular flexibility index (Phi) is 6.65. The van der Waals surface area contributed by atoms with Crippen LogP contribution in [0.25, 0.3) is 0 Å². The van der Waals surface area contributed by atoms with Crippen molar-refractivity contribution in [2.75, 3.05) is 24.5 Å². The normalized spacial score (nSPS) is 20.7. The molecule has 1 aliphatic carbocycles. The number of anilines is 1. The SMILES string of the molecule is CC(C)(C)c1ccc(CN2CCC3(CC2)CN(C(=O)NC2CCCCC2)c2ccc(F)cc23)cc1. The van der Waals surface area contributed by atoms with Crippen LogP contribution in [0.15, 0.2) is 42.5 Å². The Morgan fingerprint density at radius 2 is 1.71 bits per heavy atom. The van der Waals surface area contributed by atoms with Crippen LogP contribution < -0.4 is 10.2 Å². The van der Waals surface area contributed by atoms with Crippen LogP contribution in [-0.4, -0.2) is 36.6 Å². The van der Waals surface area contributed by atoms with Gasteiger partial charge in [-0.25, -0.2) is 9.18 Å². The summed E-state index contributed by atoms with van der Waals surface area (Å²) in [5.74, 6) is -0.209. The molecule has 2 aromatic carbocycles. The molecule has 2 heterocycles. The number of hydrogen-bond donors (Lipinski definition) is 1.